The van der Waals surface area contributed by atoms with Crippen LogP contribution in [0.5, 0.6) is 0 Å². The zero-order valence-electron chi connectivity index (χ0n) is 12.5. The molecular formula is C12H22O12. The van der Waals surface area contributed by atoms with Gasteiger partial charge in [-0.05, 0) is 6.92 Å². The van der Waals surface area contributed by atoms with E-state index in [1.165, 1.54) is 6.92 Å². The lowest BCUT2D eigenvalue weighted by atomic mass is 10.0. The molecule has 0 fully saturated rings. The number of rotatable bonds is 9. The number of aliphatic carboxylic acids is 1. The molecule has 0 heterocycles. The maximum Gasteiger partial charge on any atom is 0.335 e. The SMILES string of the molecule is C[C@H](O)[C@@H](O)[C@@H](O)[C@H](O)C=O.O=C[C@H](O)[C@@H](O)[C@@H](O)[C@H](O)C(=O)O. The molecule has 0 radical (unpaired) electrons. The number of aliphatic hydroxyl groups excluding tert-OH is 8. The molecule has 0 saturated heterocycles. The number of carboxylic acids is 1. The zero-order valence-corrected chi connectivity index (χ0v) is 12.5. The molecule has 0 aliphatic heterocycles. The average Bonchev–Trinajstić information content (AvgIpc) is 2.56. The summed E-state index contributed by atoms with van der Waals surface area (Å²) in [5, 5.41) is 78.3. The Labute approximate surface area is 135 Å². The van der Waals surface area contributed by atoms with Crippen LogP contribution >= 0.6 is 0 Å². The van der Waals surface area contributed by atoms with Crippen molar-refractivity contribution in [2.45, 2.75) is 55.8 Å². The van der Waals surface area contributed by atoms with Crippen LogP contribution in [0.3, 0.4) is 0 Å². The largest absolute Gasteiger partial charge is 0.479 e. The molecular weight excluding hydrogens is 336 g/mol. The second-order valence-corrected chi connectivity index (χ2v) is 4.74. The van der Waals surface area contributed by atoms with Crippen LogP contribution in [-0.4, -0.2) is 113 Å². The number of carbonyl (C=O) groups is 3. The molecule has 0 rings (SSSR count). The number of hydrogen-bond acceptors (Lipinski definition) is 11. The maximum atomic E-state index is 10.1. The Balaban J connectivity index is 0. The lowest BCUT2D eigenvalue weighted by Crippen LogP contribution is -2.48. The Morgan fingerprint density at radius 2 is 1.04 bits per heavy atom. The van der Waals surface area contributed by atoms with Crippen molar-refractivity contribution >= 4 is 18.5 Å². The van der Waals surface area contributed by atoms with Crippen LogP contribution in [0.1, 0.15) is 6.92 Å². The van der Waals surface area contributed by atoms with Crippen LogP contribution in [0.15, 0.2) is 0 Å². The van der Waals surface area contributed by atoms with Crippen LogP contribution in [-0.2, 0) is 14.4 Å². The molecule has 0 aromatic carbocycles. The lowest BCUT2D eigenvalue weighted by Gasteiger charge is -2.21. The number of aldehydes is 2. The summed E-state index contributed by atoms with van der Waals surface area (Å²) in [5.41, 5.74) is 0. The second-order valence-electron chi connectivity index (χ2n) is 4.74. The maximum absolute atomic E-state index is 10.1. The Bertz CT molecular complexity index is 386. The van der Waals surface area contributed by atoms with E-state index in [0.29, 0.717) is 0 Å². The number of hydrogen-bond donors (Lipinski definition) is 9. The van der Waals surface area contributed by atoms with Gasteiger partial charge in [-0.15, -0.1) is 0 Å². The van der Waals surface area contributed by atoms with E-state index in [4.69, 9.17) is 46.0 Å². The molecule has 24 heavy (non-hydrogen) atoms. The predicted octanol–water partition coefficient (Wildman–Crippen LogP) is -5.64. The van der Waals surface area contributed by atoms with Crippen LogP contribution < -0.4 is 0 Å². The first-order valence-electron chi connectivity index (χ1n) is 6.50. The van der Waals surface area contributed by atoms with Crippen molar-refractivity contribution < 1.29 is 60.3 Å². The van der Waals surface area contributed by atoms with Crippen LogP contribution in [0, 0.1) is 0 Å². The van der Waals surface area contributed by atoms with Gasteiger partial charge in [0.1, 0.15) is 36.6 Å². The summed E-state index contributed by atoms with van der Waals surface area (Å²) >= 11 is 0. The third-order valence-corrected chi connectivity index (χ3v) is 2.75. The van der Waals surface area contributed by atoms with Crippen molar-refractivity contribution in [3.05, 3.63) is 0 Å². The van der Waals surface area contributed by atoms with Gasteiger partial charge < -0.3 is 55.5 Å². The van der Waals surface area contributed by atoms with Crippen LogP contribution in [0.2, 0.25) is 0 Å². The molecule has 0 aliphatic rings. The van der Waals surface area contributed by atoms with E-state index in [0.717, 1.165) is 0 Å². The van der Waals surface area contributed by atoms with Crippen molar-refractivity contribution in [1.29, 1.82) is 0 Å². The summed E-state index contributed by atoms with van der Waals surface area (Å²) in [5.74, 6) is -1.76. The van der Waals surface area contributed by atoms with Gasteiger partial charge in [-0.1, -0.05) is 0 Å². The van der Waals surface area contributed by atoms with Crippen molar-refractivity contribution in [2.75, 3.05) is 0 Å². The van der Waals surface area contributed by atoms with Crippen molar-refractivity contribution in [2.24, 2.45) is 0 Å². The first-order chi connectivity index (χ1) is 10.9. The minimum atomic E-state index is -2.25. The zero-order chi connectivity index (χ0) is 19.6. The van der Waals surface area contributed by atoms with E-state index >= 15 is 0 Å². The van der Waals surface area contributed by atoms with Gasteiger partial charge >= 0.3 is 5.97 Å². The molecule has 0 unspecified atom stereocenters. The molecule has 0 amide bonds. The van der Waals surface area contributed by atoms with E-state index in [2.05, 4.69) is 0 Å². The normalized spacial score (nSPS) is 20.9. The molecule has 12 nitrogen and oxygen atoms in total. The smallest absolute Gasteiger partial charge is 0.335 e. The van der Waals surface area contributed by atoms with Crippen LogP contribution in [0.4, 0.5) is 0 Å². The summed E-state index contributed by atoms with van der Waals surface area (Å²) in [4.78, 5) is 29.8. The highest BCUT2D eigenvalue weighted by molar-refractivity contribution is 5.73. The van der Waals surface area contributed by atoms with Crippen molar-refractivity contribution in [3.63, 3.8) is 0 Å². The predicted molar refractivity (Wildman–Crippen MR) is 73.5 cm³/mol. The third-order valence-electron chi connectivity index (χ3n) is 2.75. The highest BCUT2D eigenvalue weighted by atomic mass is 16.4. The summed E-state index contributed by atoms with van der Waals surface area (Å²) in [6.07, 6.45) is -14.3. The first-order valence-corrected chi connectivity index (χ1v) is 6.50. The summed E-state index contributed by atoms with van der Waals surface area (Å²) in [7, 11) is 0. The van der Waals surface area contributed by atoms with Gasteiger partial charge in [0.05, 0.1) is 6.10 Å². The van der Waals surface area contributed by atoms with Crippen LogP contribution in [0.25, 0.3) is 0 Å². The molecule has 8 atom stereocenters. The van der Waals surface area contributed by atoms with Crippen molar-refractivity contribution in [3.8, 4) is 0 Å². The van der Waals surface area contributed by atoms with E-state index in [1.54, 1.807) is 0 Å². The average molecular weight is 358 g/mol. The highest BCUT2D eigenvalue weighted by Crippen LogP contribution is 2.04. The van der Waals surface area contributed by atoms with E-state index in [1.807, 2.05) is 0 Å². The number of aliphatic hydroxyl groups is 8. The molecule has 9 N–H and O–H groups in total. The number of carbonyl (C=O) groups excluding carboxylic acids is 2. The van der Waals surface area contributed by atoms with E-state index in [9.17, 15) is 14.4 Å². The number of carboxylic acid groups (broad SMARTS) is 1. The molecule has 0 aromatic rings. The molecule has 0 aromatic heterocycles. The molecule has 12 heteroatoms. The fourth-order valence-electron chi connectivity index (χ4n) is 1.18. The fourth-order valence-corrected chi connectivity index (χ4v) is 1.18. The van der Waals surface area contributed by atoms with Crippen molar-refractivity contribution in [1.82, 2.24) is 0 Å². The Kier molecular flexibility index (Phi) is 12.3. The Hall–Kier alpha value is -1.51. The van der Waals surface area contributed by atoms with Gasteiger partial charge in [0.2, 0.25) is 0 Å². The third kappa shape index (κ3) is 8.37. The summed E-state index contributed by atoms with van der Waals surface area (Å²) in [6.45, 7) is 1.24. The van der Waals surface area contributed by atoms with Gasteiger partial charge in [-0.2, -0.15) is 0 Å². The summed E-state index contributed by atoms with van der Waals surface area (Å²) in [6, 6.07) is 0. The molecule has 0 spiro atoms. The fraction of sp³-hybridized carbons (Fsp3) is 0.750. The minimum Gasteiger partial charge on any atom is -0.479 e. The Morgan fingerprint density at radius 1 is 0.708 bits per heavy atom. The van der Waals surface area contributed by atoms with Gasteiger partial charge in [-0.3, -0.25) is 0 Å². The van der Waals surface area contributed by atoms with E-state index < -0.39 is 54.8 Å². The van der Waals surface area contributed by atoms with E-state index in [-0.39, 0.29) is 12.6 Å². The minimum absolute atomic E-state index is 0.0809. The van der Waals surface area contributed by atoms with Gasteiger partial charge in [0.25, 0.3) is 0 Å². The standard InChI is InChI=1S/C6H10O7.C6H12O5/c7-1-2(8)3(9)4(10)5(11)6(12)13;1-3(8)5(10)6(11)4(9)2-7/h1-5,8-11H,(H,12,13);2-6,8-11H,1H3/t2-,3+,4+,5-;3-,4+,5+,6-/m00/s1. The van der Waals surface area contributed by atoms with Gasteiger partial charge in [0.15, 0.2) is 18.7 Å². The first kappa shape index (κ1) is 24.7. The quantitative estimate of drug-likeness (QED) is 0.175. The molecule has 0 bridgehead atoms. The summed E-state index contributed by atoms with van der Waals surface area (Å²) < 4.78 is 0. The lowest BCUT2D eigenvalue weighted by molar-refractivity contribution is -0.163. The second kappa shape index (κ2) is 11.9. The molecule has 0 saturated carbocycles. The Morgan fingerprint density at radius 3 is 1.29 bits per heavy atom. The molecule has 142 valence electrons. The molecule has 0 aliphatic carbocycles. The topological polar surface area (TPSA) is 233 Å². The van der Waals surface area contributed by atoms with Gasteiger partial charge in [0, 0.05) is 0 Å². The highest BCUT2D eigenvalue weighted by Gasteiger charge is 2.34. The van der Waals surface area contributed by atoms with Gasteiger partial charge in [-0.25, -0.2) is 4.79 Å². The monoisotopic (exact) mass is 358 g/mol.